The third-order valence-electron chi connectivity index (χ3n) is 2.73. The van der Waals surface area contributed by atoms with Crippen LogP contribution in [0.1, 0.15) is 11.5 Å². The van der Waals surface area contributed by atoms with Crippen molar-refractivity contribution in [1.82, 2.24) is 4.90 Å². The van der Waals surface area contributed by atoms with Crippen molar-refractivity contribution in [3.8, 4) is 5.75 Å². The molecule has 2 N–H and O–H groups in total. The van der Waals surface area contributed by atoms with E-state index in [4.69, 9.17) is 10.5 Å². The molecule has 4 nitrogen and oxygen atoms in total. The van der Waals surface area contributed by atoms with Gasteiger partial charge in [0.25, 0.3) is 0 Å². The van der Waals surface area contributed by atoms with Crippen LogP contribution >= 0.6 is 0 Å². The molecule has 86 valence electrons. The number of nitrogens with zero attached hydrogens (tertiary/aromatic N) is 2. The molecule has 0 bridgehead atoms. The molecular formula is C12H17N3O. The van der Waals surface area contributed by atoms with Crippen LogP contribution in [0, 0.1) is 0 Å². The van der Waals surface area contributed by atoms with Crippen molar-refractivity contribution in [3.63, 3.8) is 0 Å². The summed E-state index contributed by atoms with van der Waals surface area (Å²) in [6.07, 6.45) is 0. The molecule has 0 saturated heterocycles. The molecule has 1 aliphatic rings. The van der Waals surface area contributed by atoms with E-state index < -0.39 is 0 Å². The number of ether oxygens (including phenoxy) is 1. The molecule has 1 aromatic carbocycles. The Bertz CT molecular complexity index is 401. The summed E-state index contributed by atoms with van der Waals surface area (Å²) in [5.74, 6) is 1.87. The quantitative estimate of drug-likeness (QED) is 0.597. The standard InChI is InChI=1S/C12H17N3O/c1-15(2)12(13)14-7-9-8-16-11-6-4-3-5-10(9)11/h3-6,9H,7-8H2,1-2H3,(H2,13,14). The van der Waals surface area contributed by atoms with Gasteiger partial charge in [-0.2, -0.15) is 0 Å². The predicted octanol–water partition coefficient (Wildman–Crippen LogP) is 1.04. The summed E-state index contributed by atoms with van der Waals surface area (Å²) in [6, 6.07) is 8.10. The van der Waals surface area contributed by atoms with Crippen molar-refractivity contribution < 1.29 is 4.74 Å². The zero-order valence-electron chi connectivity index (χ0n) is 9.68. The van der Waals surface area contributed by atoms with Crippen LogP contribution in [0.25, 0.3) is 0 Å². The summed E-state index contributed by atoms with van der Waals surface area (Å²) in [4.78, 5) is 6.15. The van der Waals surface area contributed by atoms with Gasteiger partial charge in [0.2, 0.25) is 0 Å². The van der Waals surface area contributed by atoms with Crippen LogP contribution in [0.3, 0.4) is 0 Å². The van der Waals surface area contributed by atoms with Gasteiger partial charge in [0, 0.05) is 25.6 Å². The van der Waals surface area contributed by atoms with Gasteiger partial charge in [-0.05, 0) is 6.07 Å². The normalized spacial score (nSPS) is 19.1. The molecule has 4 heteroatoms. The first-order valence-corrected chi connectivity index (χ1v) is 5.37. The molecule has 1 atom stereocenters. The highest BCUT2D eigenvalue weighted by molar-refractivity contribution is 5.77. The monoisotopic (exact) mass is 219 g/mol. The van der Waals surface area contributed by atoms with Crippen molar-refractivity contribution in [2.75, 3.05) is 27.2 Å². The second-order valence-electron chi connectivity index (χ2n) is 4.14. The Morgan fingerprint density at radius 1 is 1.50 bits per heavy atom. The summed E-state index contributed by atoms with van der Waals surface area (Å²) in [6.45, 7) is 1.38. The largest absolute Gasteiger partial charge is 0.493 e. The zero-order chi connectivity index (χ0) is 11.5. The number of nitrogens with two attached hydrogens (primary N) is 1. The van der Waals surface area contributed by atoms with E-state index in [0.29, 0.717) is 25.0 Å². The molecule has 1 heterocycles. The van der Waals surface area contributed by atoms with Crippen LogP contribution in [-0.4, -0.2) is 38.1 Å². The minimum atomic E-state index is 0.328. The summed E-state index contributed by atoms with van der Waals surface area (Å²) >= 11 is 0. The predicted molar refractivity (Wildman–Crippen MR) is 64.9 cm³/mol. The third-order valence-corrected chi connectivity index (χ3v) is 2.73. The van der Waals surface area contributed by atoms with E-state index >= 15 is 0 Å². The Hall–Kier alpha value is -1.71. The van der Waals surface area contributed by atoms with Crippen LogP contribution in [-0.2, 0) is 0 Å². The van der Waals surface area contributed by atoms with Crippen LogP contribution < -0.4 is 10.5 Å². The second kappa shape index (κ2) is 4.43. The van der Waals surface area contributed by atoms with Crippen molar-refractivity contribution in [1.29, 1.82) is 0 Å². The average molecular weight is 219 g/mol. The van der Waals surface area contributed by atoms with Crippen LogP contribution in [0.4, 0.5) is 0 Å². The molecule has 0 amide bonds. The van der Waals surface area contributed by atoms with E-state index in [0.717, 1.165) is 5.75 Å². The second-order valence-corrected chi connectivity index (χ2v) is 4.14. The van der Waals surface area contributed by atoms with Crippen LogP contribution in [0.5, 0.6) is 5.75 Å². The van der Waals surface area contributed by atoms with Gasteiger partial charge in [-0.15, -0.1) is 0 Å². The van der Waals surface area contributed by atoms with E-state index in [-0.39, 0.29) is 0 Å². The van der Waals surface area contributed by atoms with E-state index in [1.54, 1.807) is 0 Å². The molecule has 1 unspecified atom stereocenters. The lowest BCUT2D eigenvalue weighted by Crippen LogP contribution is -2.31. The number of aliphatic imine (C=N–C) groups is 1. The number of para-hydroxylation sites is 1. The minimum absolute atomic E-state index is 0.328. The fourth-order valence-electron chi connectivity index (χ4n) is 1.73. The number of fused-ring (bicyclic) bond motifs is 1. The summed E-state index contributed by atoms with van der Waals surface area (Å²) in [5, 5.41) is 0. The average Bonchev–Trinajstić information content (AvgIpc) is 2.69. The summed E-state index contributed by atoms with van der Waals surface area (Å²) in [5.41, 5.74) is 6.98. The lowest BCUT2D eigenvalue weighted by Gasteiger charge is -2.12. The van der Waals surface area contributed by atoms with Crippen molar-refractivity contribution in [3.05, 3.63) is 29.8 Å². The van der Waals surface area contributed by atoms with Crippen molar-refractivity contribution >= 4 is 5.96 Å². The highest BCUT2D eigenvalue weighted by Crippen LogP contribution is 2.33. The molecule has 0 aliphatic carbocycles. The Morgan fingerprint density at radius 3 is 3.00 bits per heavy atom. The molecule has 16 heavy (non-hydrogen) atoms. The first-order chi connectivity index (χ1) is 7.68. The highest BCUT2D eigenvalue weighted by atomic mass is 16.5. The maximum atomic E-state index is 5.75. The smallest absolute Gasteiger partial charge is 0.190 e. The lowest BCUT2D eigenvalue weighted by atomic mass is 10.0. The van der Waals surface area contributed by atoms with E-state index in [2.05, 4.69) is 11.1 Å². The Morgan fingerprint density at radius 2 is 2.25 bits per heavy atom. The van der Waals surface area contributed by atoms with E-state index in [1.165, 1.54) is 5.56 Å². The highest BCUT2D eigenvalue weighted by Gasteiger charge is 2.23. The van der Waals surface area contributed by atoms with Gasteiger partial charge in [-0.3, -0.25) is 4.99 Å². The molecule has 0 spiro atoms. The molecule has 0 radical (unpaired) electrons. The molecule has 0 fully saturated rings. The fraction of sp³-hybridized carbons (Fsp3) is 0.417. The Balaban J connectivity index is 2.06. The zero-order valence-corrected chi connectivity index (χ0v) is 9.68. The van der Waals surface area contributed by atoms with Gasteiger partial charge in [0.05, 0.1) is 13.2 Å². The molecule has 0 aromatic heterocycles. The number of hydrogen-bond donors (Lipinski definition) is 1. The van der Waals surface area contributed by atoms with Gasteiger partial charge in [0.1, 0.15) is 5.75 Å². The summed E-state index contributed by atoms with van der Waals surface area (Å²) < 4.78 is 5.58. The topological polar surface area (TPSA) is 50.8 Å². The van der Waals surface area contributed by atoms with Gasteiger partial charge >= 0.3 is 0 Å². The fourth-order valence-corrected chi connectivity index (χ4v) is 1.73. The lowest BCUT2D eigenvalue weighted by molar-refractivity contribution is 0.332. The molecule has 1 aromatic rings. The van der Waals surface area contributed by atoms with Crippen LogP contribution in [0.15, 0.2) is 29.3 Å². The Labute approximate surface area is 95.7 Å². The van der Waals surface area contributed by atoms with E-state index in [1.807, 2.05) is 37.2 Å². The van der Waals surface area contributed by atoms with Gasteiger partial charge in [0.15, 0.2) is 5.96 Å². The van der Waals surface area contributed by atoms with E-state index in [9.17, 15) is 0 Å². The SMILES string of the molecule is CN(C)C(N)=NCC1COc2ccccc21. The molecule has 0 saturated carbocycles. The summed E-state index contributed by atoms with van der Waals surface area (Å²) in [7, 11) is 3.77. The van der Waals surface area contributed by atoms with Gasteiger partial charge in [-0.25, -0.2) is 0 Å². The minimum Gasteiger partial charge on any atom is -0.493 e. The van der Waals surface area contributed by atoms with Crippen LogP contribution in [0.2, 0.25) is 0 Å². The number of guanidine groups is 1. The van der Waals surface area contributed by atoms with Gasteiger partial charge < -0.3 is 15.4 Å². The number of benzene rings is 1. The first-order valence-electron chi connectivity index (χ1n) is 5.37. The van der Waals surface area contributed by atoms with Crippen molar-refractivity contribution in [2.45, 2.75) is 5.92 Å². The first kappa shape index (κ1) is 10.8. The third kappa shape index (κ3) is 2.10. The van der Waals surface area contributed by atoms with Crippen molar-refractivity contribution in [2.24, 2.45) is 10.7 Å². The van der Waals surface area contributed by atoms with Gasteiger partial charge in [-0.1, -0.05) is 18.2 Å². The number of rotatable bonds is 2. The maximum Gasteiger partial charge on any atom is 0.190 e. The Kier molecular flexibility index (Phi) is 2.99. The molecular weight excluding hydrogens is 202 g/mol. The number of hydrogen-bond acceptors (Lipinski definition) is 2. The maximum absolute atomic E-state index is 5.75. The molecule has 1 aliphatic heterocycles. The molecule has 2 rings (SSSR count).